The molecule has 0 fully saturated rings. The Morgan fingerprint density at radius 3 is 2.85 bits per heavy atom. The third kappa shape index (κ3) is 3.27. The summed E-state index contributed by atoms with van der Waals surface area (Å²) >= 11 is 0. The summed E-state index contributed by atoms with van der Waals surface area (Å²) in [6.07, 6.45) is 1.59. The van der Waals surface area contributed by atoms with Gasteiger partial charge in [0.2, 0.25) is 0 Å². The Morgan fingerprint density at radius 1 is 1.30 bits per heavy atom. The lowest BCUT2D eigenvalue weighted by Gasteiger charge is -2.08. The maximum Gasteiger partial charge on any atom is 0.173 e. The zero-order valence-corrected chi connectivity index (χ0v) is 10.6. The molecule has 0 bridgehead atoms. The van der Waals surface area contributed by atoms with E-state index in [0.717, 1.165) is 5.69 Å². The number of rotatable bonds is 5. The minimum absolute atomic E-state index is 0.0753. The van der Waals surface area contributed by atoms with Crippen molar-refractivity contribution in [3.05, 3.63) is 59.2 Å². The maximum absolute atomic E-state index is 14.1. The molecule has 2 rings (SSSR count). The maximum atomic E-state index is 14.1. The zero-order valence-electron chi connectivity index (χ0n) is 10.6. The molecule has 0 spiro atoms. The Hall–Kier alpha value is -2.54. The summed E-state index contributed by atoms with van der Waals surface area (Å²) in [5.41, 5.74) is 6.67. The van der Waals surface area contributed by atoms with Crippen molar-refractivity contribution in [2.75, 3.05) is 0 Å². The summed E-state index contributed by atoms with van der Waals surface area (Å²) in [6, 6.07) is 8.34. The van der Waals surface area contributed by atoms with Crippen molar-refractivity contribution < 1.29 is 9.60 Å². The van der Waals surface area contributed by atoms with E-state index in [1.807, 2.05) is 6.07 Å². The molecule has 104 valence electrons. The van der Waals surface area contributed by atoms with Gasteiger partial charge >= 0.3 is 0 Å². The van der Waals surface area contributed by atoms with Gasteiger partial charge in [0.15, 0.2) is 5.84 Å². The Morgan fingerprint density at radius 2 is 2.15 bits per heavy atom. The van der Waals surface area contributed by atoms with Crippen LogP contribution in [0.5, 0.6) is 0 Å². The molecule has 4 N–H and O–H groups in total. The van der Waals surface area contributed by atoms with Crippen molar-refractivity contribution in [3.63, 3.8) is 0 Å². The molecule has 0 saturated carbocycles. The van der Waals surface area contributed by atoms with E-state index in [-0.39, 0.29) is 11.4 Å². The predicted octanol–water partition coefficient (Wildman–Crippen LogP) is 1.000. The van der Waals surface area contributed by atoms with E-state index in [2.05, 4.69) is 20.7 Å². The molecule has 0 radical (unpaired) electrons. The van der Waals surface area contributed by atoms with Crippen LogP contribution in [0, 0.1) is 5.82 Å². The second kappa shape index (κ2) is 6.58. The molecule has 0 aliphatic rings. The van der Waals surface area contributed by atoms with Crippen molar-refractivity contribution >= 4 is 5.84 Å². The van der Waals surface area contributed by atoms with Gasteiger partial charge in [-0.05, 0) is 18.2 Å². The first-order chi connectivity index (χ1) is 9.72. The van der Waals surface area contributed by atoms with Gasteiger partial charge in [0.1, 0.15) is 5.82 Å². The van der Waals surface area contributed by atoms with E-state index in [1.54, 1.807) is 24.4 Å². The quantitative estimate of drug-likeness (QED) is 0.327. The molecule has 0 aliphatic carbocycles. The number of nitrogens with one attached hydrogen (secondary N) is 1. The highest BCUT2D eigenvalue weighted by Gasteiger charge is 2.11. The number of halogens is 1. The Kier molecular flexibility index (Phi) is 4.56. The molecule has 2 aromatic rings. The van der Waals surface area contributed by atoms with Gasteiger partial charge in [-0.3, -0.25) is 0 Å². The number of nitrogens with zero attached hydrogens (tertiary/aromatic N) is 3. The fourth-order valence-corrected chi connectivity index (χ4v) is 1.72. The van der Waals surface area contributed by atoms with Crippen LogP contribution in [-0.4, -0.2) is 21.2 Å². The lowest BCUT2D eigenvalue weighted by atomic mass is 10.1. The van der Waals surface area contributed by atoms with Crippen molar-refractivity contribution in [3.8, 4) is 0 Å². The van der Waals surface area contributed by atoms with Crippen LogP contribution in [0.3, 0.4) is 0 Å². The number of aromatic nitrogens is 2. The van der Waals surface area contributed by atoms with E-state index in [0.29, 0.717) is 18.7 Å². The van der Waals surface area contributed by atoms with Crippen LogP contribution >= 0.6 is 0 Å². The normalized spacial score (nSPS) is 11.6. The first-order valence-electron chi connectivity index (χ1n) is 5.95. The molecule has 1 aromatic heterocycles. The summed E-state index contributed by atoms with van der Waals surface area (Å²) in [6.45, 7) is 0.774. The number of oxime groups is 1. The summed E-state index contributed by atoms with van der Waals surface area (Å²) in [5.74, 6) is -0.757. The number of benzene rings is 1. The first kappa shape index (κ1) is 13.9. The number of amidine groups is 1. The number of hydrogen-bond acceptors (Lipinski definition) is 5. The third-order valence-electron chi connectivity index (χ3n) is 2.71. The van der Waals surface area contributed by atoms with Crippen LogP contribution in [0.2, 0.25) is 0 Å². The van der Waals surface area contributed by atoms with E-state index < -0.39 is 5.82 Å². The minimum Gasteiger partial charge on any atom is -0.409 e. The van der Waals surface area contributed by atoms with Gasteiger partial charge in [-0.25, -0.2) is 4.39 Å². The molecule has 20 heavy (non-hydrogen) atoms. The molecule has 7 heteroatoms. The molecule has 1 aromatic carbocycles. The van der Waals surface area contributed by atoms with Crippen LogP contribution in [0.1, 0.15) is 16.8 Å². The van der Waals surface area contributed by atoms with Crippen molar-refractivity contribution in [2.24, 2.45) is 10.9 Å². The lowest BCUT2D eigenvalue weighted by Crippen LogP contribution is -2.19. The highest BCUT2D eigenvalue weighted by Crippen LogP contribution is 2.12. The minimum atomic E-state index is -0.505. The lowest BCUT2D eigenvalue weighted by molar-refractivity contribution is 0.318. The number of nitrogens with two attached hydrogens (primary N) is 1. The molecule has 0 saturated heterocycles. The predicted molar refractivity (Wildman–Crippen MR) is 71.5 cm³/mol. The SMILES string of the molecule is N/C(=N/O)c1cccc(CNCc2cccnn2)c1F. The molecule has 0 unspecified atom stereocenters. The van der Waals surface area contributed by atoms with E-state index in [9.17, 15) is 4.39 Å². The Bertz CT molecular complexity index is 603. The molecule has 1 heterocycles. The van der Waals surface area contributed by atoms with Gasteiger partial charge in [-0.1, -0.05) is 17.3 Å². The van der Waals surface area contributed by atoms with Crippen LogP contribution in [-0.2, 0) is 13.1 Å². The Balaban J connectivity index is 2.03. The van der Waals surface area contributed by atoms with Crippen LogP contribution < -0.4 is 11.1 Å². The van der Waals surface area contributed by atoms with Gasteiger partial charge in [-0.2, -0.15) is 10.2 Å². The van der Waals surface area contributed by atoms with E-state index in [1.165, 1.54) is 6.07 Å². The molecule has 0 aliphatic heterocycles. The molecule has 0 amide bonds. The third-order valence-corrected chi connectivity index (χ3v) is 2.71. The highest BCUT2D eigenvalue weighted by atomic mass is 19.1. The molecular formula is C13H14FN5O. The van der Waals surface area contributed by atoms with Crippen LogP contribution in [0.25, 0.3) is 0 Å². The molecule has 0 atom stereocenters. The van der Waals surface area contributed by atoms with Crippen molar-refractivity contribution in [1.82, 2.24) is 15.5 Å². The average Bonchev–Trinajstić information content (AvgIpc) is 2.49. The van der Waals surface area contributed by atoms with Gasteiger partial charge in [0, 0.05) is 24.8 Å². The van der Waals surface area contributed by atoms with Crippen LogP contribution in [0.4, 0.5) is 4.39 Å². The highest BCUT2D eigenvalue weighted by molar-refractivity contribution is 5.97. The Labute approximate surface area is 115 Å². The van der Waals surface area contributed by atoms with Gasteiger partial charge in [-0.15, -0.1) is 0 Å². The van der Waals surface area contributed by atoms with E-state index in [4.69, 9.17) is 10.9 Å². The van der Waals surface area contributed by atoms with Gasteiger partial charge in [0.25, 0.3) is 0 Å². The topological polar surface area (TPSA) is 96.4 Å². The van der Waals surface area contributed by atoms with Crippen LogP contribution in [0.15, 0.2) is 41.7 Å². The summed E-state index contributed by atoms with van der Waals surface area (Å²) < 4.78 is 14.1. The summed E-state index contributed by atoms with van der Waals surface area (Å²) in [4.78, 5) is 0. The average molecular weight is 275 g/mol. The van der Waals surface area contributed by atoms with Crippen molar-refractivity contribution in [2.45, 2.75) is 13.1 Å². The second-order valence-corrected chi connectivity index (χ2v) is 4.08. The van der Waals surface area contributed by atoms with Gasteiger partial charge in [0.05, 0.1) is 11.3 Å². The smallest absolute Gasteiger partial charge is 0.173 e. The summed E-state index contributed by atoms with van der Waals surface area (Å²) in [5, 5.41) is 22.1. The largest absolute Gasteiger partial charge is 0.409 e. The monoisotopic (exact) mass is 275 g/mol. The van der Waals surface area contributed by atoms with E-state index >= 15 is 0 Å². The zero-order chi connectivity index (χ0) is 14.4. The first-order valence-corrected chi connectivity index (χ1v) is 5.95. The fourth-order valence-electron chi connectivity index (χ4n) is 1.72. The molecule has 6 nitrogen and oxygen atoms in total. The fraction of sp³-hybridized carbons (Fsp3) is 0.154. The summed E-state index contributed by atoms with van der Waals surface area (Å²) in [7, 11) is 0. The second-order valence-electron chi connectivity index (χ2n) is 4.08. The standard InChI is InChI=1S/C13H14FN5O/c14-12-9(3-1-5-11(12)13(15)19-20)7-16-8-10-4-2-6-17-18-10/h1-6,16,20H,7-8H2,(H2,15,19). The van der Waals surface area contributed by atoms with Gasteiger partial charge < -0.3 is 16.3 Å². The van der Waals surface area contributed by atoms with Crippen molar-refractivity contribution in [1.29, 1.82) is 0 Å². The number of hydrogen-bond donors (Lipinski definition) is 3. The molecular weight excluding hydrogens is 261 g/mol.